The van der Waals surface area contributed by atoms with Gasteiger partial charge in [0.05, 0.1) is 17.6 Å². The maximum Gasteiger partial charge on any atom is 0.152 e. The number of imidazole rings is 1. The van der Waals surface area contributed by atoms with Gasteiger partial charge in [0, 0.05) is 18.5 Å². The van der Waals surface area contributed by atoms with Crippen LogP contribution in [0.25, 0.3) is 21.9 Å². The molecule has 3 heterocycles. The second-order valence-electron chi connectivity index (χ2n) is 4.94. The summed E-state index contributed by atoms with van der Waals surface area (Å²) in [4.78, 5) is 9.05. The van der Waals surface area contributed by atoms with Crippen LogP contribution < -0.4 is 11.5 Å². The Morgan fingerprint density at radius 3 is 3.05 bits per heavy atom. The zero-order valence-electron chi connectivity index (χ0n) is 11.0. The van der Waals surface area contributed by atoms with Gasteiger partial charge in [-0.05, 0) is 11.6 Å². The van der Waals surface area contributed by atoms with Crippen molar-refractivity contribution in [2.75, 3.05) is 12.3 Å². The summed E-state index contributed by atoms with van der Waals surface area (Å²) >= 11 is 0. The van der Waals surface area contributed by atoms with Crippen LogP contribution in [0.2, 0.25) is 0 Å². The van der Waals surface area contributed by atoms with Crippen LogP contribution in [-0.4, -0.2) is 21.1 Å². The minimum Gasteiger partial charge on any atom is -0.382 e. The fraction of sp³-hybridized carbons (Fsp3) is 0.286. The van der Waals surface area contributed by atoms with E-state index in [1.807, 2.05) is 18.2 Å². The second kappa shape index (κ2) is 4.16. The summed E-state index contributed by atoms with van der Waals surface area (Å²) in [6.07, 6.45) is 0. The molecular formula is C14H15N5O. The Hall–Kier alpha value is -2.18. The average Bonchev–Trinajstić information content (AvgIpc) is 2.87. The topological polar surface area (TPSA) is 92.0 Å². The summed E-state index contributed by atoms with van der Waals surface area (Å²) in [6, 6.07) is 5.95. The molecular weight excluding hydrogens is 254 g/mol. The Labute approximate surface area is 115 Å². The number of ether oxygens (including phenoxy) is 1. The standard InChI is InChI=1S/C14H15N5O/c15-6-8-2-1-3-9-11(8)13-12(14(16)17-9)18-10-7-20-5-4-19(10)13/h1-3H,4-7,15H2,(H2,16,17). The highest BCUT2D eigenvalue weighted by molar-refractivity contribution is 6.08. The van der Waals surface area contributed by atoms with Crippen LogP contribution in [0.5, 0.6) is 0 Å². The van der Waals surface area contributed by atoms with Crippen molar-refractivity contribution in [2.45, 2.75) is 19.7 Å². The molecule has 0 amide bonds. The van der Waals surface area contributed by atoms with E-state index in [0.717, 1.165) is 39.9 Å². The minimum atomic E-state index is 0.462. The quantitative estimate of drug-likeness (QED) is 0.691. The molecule has 6 nitrogen and oxygen atoms in total. The zero-order valence-corrected chi connectivity index (χ0v) is 11.0. The number of anilines is 1. The summed E-state index contributed by atoms with van der Waals surface area (Å²) in [7, 11) is 0. The molecule has 20 heavy (non-hydrogen) atoms. The molecule has 3 aromatic rings. The van der Waals surface area contributed by atoms with Crippen LogP contribution >= 0.6 is 0 Å². The largest absolute Gasteiger partial charge is 0.382 e. The van der Waals surface area contributed by atoms with E-state index in [1.54, 1.807) is 0 Å². The zero-order chi connectivity index (χ0) is 13.7. The molecule has 4 rings (SSSR count). The molecule has 0 saturated heterocycles. The van der Waals surface area contributed by atoms with Gasteiger partial charge in [0.15, 0.2) is 5.82 Å². The van der Waals surface area contributed by atoms with Gasteiger partial charge in [0.25, 0.3) is 0 Å². The number of aromatic nitrogens is 3. The number of nitrogen functional groups attached to an aromatic ring is 1. The predicted molar refractivity (Wildman–Crippen MR) is 77.0 cm³/mol. The average molecular weight is 269 g/mol. The first-order valence-electron chi connectivity index (χ1n) is 6.63. The van der Waals surface area contributed by atoms with Crippen molar-refractivity contribution in [3.8, 4) is 0 Å². The van der Waals surface area contributed by atoms with Crippen LogP contribution in [0, 0.1) is 0 Å². The van der Waals surface area contributed by atoms with E-state index in [1.165, 1.54) is 0 Å². The third-order valence-electron chi connectivity index (χ3n) is 3.81. The summed E-state index contributed by atoms with van der Waals surface area (Å²) < 4.78 is 7.64. The smallest absolute Gasteiger partial charge is 0.152 e. The van der Waals surface area contributed by atoms with Gasteiger partial charge in [0.2, 0.25) is 0 Å². The van der Waals surface area contributed by atoms with Gasteiger partial charge < -0.3 is 20.8 Å². The number of hydrogen-bond acceptors (Lipinski definition) is 5. The third-order valence-corrected chi connectivity index (χ3v) is 3.81. The Balaban J connectivity index is 2.24. The first kappa shape index (κ1) is 11.6. The van der Waals surface area contributed by atoms with Crippen molar-refractivity contribution in [3.63, 3.8) is 0 Å². The molecule has 4 N–H and O–H groups in total. The van der Waals surface area contributed by atoms with Gasteiger partial charge in [-0.15, -0.1) is 0 Å². The van der Waals surface area contributed by atoms with E-state index in [2.05, 4.69) is 14.5 Å². The van der Waals surface area contributed by atoms with E-state index in [-0.39, 0.29) is 0 Å². The van der Waals surface area contributed by atoms with E-state index >= 15 is 0 Å². The van der Waals surface area contributed by atoms with Crippen molar-refractivity contribution in [1.29, 1.82) is 0 Å². The molecule has 0 bridgehead atoms. The number of hydrogen-bond donors (Lipinski definition) is 2. The fourth-order valence-electron chi connectivity index (χ4n) is 2.91. The number of pyridine rings is 1. The van der Waals surface area contributed by atoms with Crippen molar-refractivity contribution < 1.29 is 4.74 Å². The lowest BCUT2D eigenvalue weighted by Gasteiger charge is -2.16. The van der Waals surface area contributed by atoms with Crippen molar-refractivity contribution in [3.05, 3.63) is 29.6 Å². The SMILES string of the molecule is NCc1cccc2nc(N)c3nc4n(c3c12)CCOC4. The van der Waals surface area contributed by atoms with Gasteiger partial charge >= 0.3 is 0 Å². The molecule has 0 atom stereocenters. The second-order valence-corrected chi connectivity index (χ2v) is 4.94. The number of fused-ring (bicyclic) bond motifs is 5. The van der Waals surface area contributed by atoms with Gasteiger partial charge in [-0.3, -0.25) is 0 Å². The van der Waals surface area contributed by atoms with E-state index in [0.29, 0.717) is 25.6 Å². The number of benzene rings is 1. The lowest BCUT2D eigenvalue weighted by molar-refractivity contribution is 0.0831. The molecule has 2 aromatic heterocycles. The Morgan fingerprint density at radius 2 is 2.20 bits per heavy atom. The molecule has 0 aliphatic carbocycles. The van der Waals surface area contributed by atoms with Crippen LogP contribution in [0.3, 0.4) is 0 Å². The summed E-state index contributed by atoms with van der Waals surface area (Å²) in [5, 5.41) is 1.06. The van der Waals surface area contributed by atoms with Gasteiger partial charge in [-0.1, -0.05) is 12.1 Å². The molecule has 0 fully saturated rings. The number of nitrogens with two attached hydrogens (primary N) is 2. The maximum absolute atomic E-state index is 6.07. The van der Waals surface area contributed by atoms with Crippen molar-refractivity contribution >= 4 is 27.8 Å². The highest BCUT2D eigenvalue weighted by atomic mass is 16.5. The van der Waals surface area contributed by atoms with E-state index in [9.17, 15) is 0 Å². The van der Waals surface area contributed by atoms with Crippen molar-refractivity contribution in [1.82, 2.24) is 14.5 Å². The molecule has 0 unspecified atom stereocenters. The molecule has 1 aliphatic heterocycles. The molecule has 0 radical (unpaired) electrons. The third kappa shape index (κ3) is 1.46. The molecule has 0 spiro atoms. The highest BCUT2D eigenvalue weighted by Crippen LogP contribution is 2.32. The van der Waals surface area contributed by atoms with Gasteiger partial charge in [-0.25, -0.2) is 9.97 Å². The lowest BCUT2D eigenvalue weighted by Crippen LogP contribution is -2.16. The minimum absolute atomic E-state index is 0.462. The molecule has 6 heteroatoms. The summed E-state index contributed by atoms with van der Waals surface area (Å²) in [5.41, 5.74) is 15.7. The summed E-state index contributed by atoms with van der Waals surface area (Å²) in [6.45, 7) is 2.45. The fourth-order valence-corrected chi connectivity index (χ4v) is 2.91. The molecule has 102 valence electrons. The van der Waals surface area contributed by atoms with Crippen LogP contribution in [0.15, 0.2) is 18.2 Å². The Kier molecular flexibility index (Phi) is 2.42. The molecule has 1 aromatic carbocycles. The van der Waals surface area contributed by atoms with Gasteiger partial charge in [-0.2, -0.15) is 0 Å². The first-order chi connectivity index (χ1) is 9.79. The number of rotatable bonds is 1. The van der Waals surface area contributed by atoms with Gasteiger partial charge in [0.1, 0.15) is 17.9 Å². The van der Waals surface area contributed by atoms with Crippen LogP contribution in [0.1, 0.15) is 11.4 Å². The highest BCUT2D eigenvalue weighted by Gasteiger charge is 2.20. The van der Waals surface area contributed by atoms with E-state index in [4.69, 9.17) is 16.2 Å². The van der Waals surface area contributed by atoms with Crippen LogP contribution in [-0.2, 0) is 24.4 Å². The Bertz CT molecular complexity index is 823. The monoisotopic (exact) mass is 269 g/mol. The van der Waals surface area contributed by atoms with E-state index < -0.39 is 0 Å². The summed E-state index contributed by atoms with van der Waals surface area (Å²) in [5.74, 6) is 1.36. The normalized spacial score (nSPS) is 14.8. The van der Waals surface area contributed by atoms with Crippen LogP contribution in [0.4, 0.5) is 5.82 Å². The maximum atomic E-state index is 6.07. The first-order valence-corrected chi connectivity index (χ1v) is 6.63. The number of nitrogens with zero attached hydrogens (tertiary/aromatic N) is 3. The van der Waals surface area contributed by atoms with Crippen molar-refractivity contribution in [2.24, 2.45) is 5.73 Å². The predicted octanol–water partition coefficient (Wildman–Crippen LogP) is 1.16. The molecule has 0 saturated carbocycles. The Morgan fingerprint density at radius 1 is 1.30 bits per heavy atom. The molecule has 1 aliphatic rings. The lowest BCUT2D eigenvalue weighted by atomic mass is 10.1.